The van der Waals surface area contributed by atoms with E-state index in [-0.39, 0.29) is 6.79 Å². The molecule has 1 aromatic rings. The average Bonchev–Trinajstić information content (AvgIpc) is 2.97. The maximum absolute atomic E-state index is 5.53. The van der Waals surface area contributed by atoms with Gasteiger partial charge in [0, 0.05) is 32.2 Å². The summed E-state index contributed by atoms with van der Waals surface area (Å²) in [4.78, 5) is 2.52. The molecule has 0 saturated carbocycles. The third-order valence-electron chi connectivity index (χ3n) is 4.04. The van der Waals surface area contributed by atoms with Gasteiger partial charge in [-0.1, -0.05) is 6.92 Å². The Labute approximate surface area is 119 Å². The molecule has 1 atom stereocenters. The van der Waals surface area contributed by atoms with Crippen LogP contribution in [0.4, 0.5) is 0 Å². The average molecular weight is 278 g/mol. The van der Waals surface area contributed by atoms with Crippen LogP contribution in [0.2, 0.25) is 0 Å². The Balaban J connectivity index is 1.91. The van der Waals surface area contributed by atoms with Crippen molar-refractivity contribution in [1.29, 1.82) is 0 Å². The summed E-state index contributed by atoms with van der Waals surface area (Å²) in [6.45, 7) is 6.77. The van der Waals surface area contributed by atoms with Gasteiger partial charge in [0.25, 0.3) is 0 Å². The third-order valence-corrected chi connectivity index (χ3v) is 4.04. The smallest absolute Gasteiger partial charge is 0.231 e. The number of methoxy groups -OCH3 is 1. The predicted molar refractivity (Wildman–Crippen MR) is 76.6 cm³/mol. The number of hydrogen-bond donors (Lipinski definition) is 1. The van der Waals surface area contributed by atoms with Gasteiger partial charge in [-0.05, 0) is 24.1 Å². The molecule has 5 heteroatoms. The van der Waals surface area contributed by atoms with Crippen molar-refractivity contribution in [2.24, 2.45) is 0 Å². The zero-order valence-corrected chi connectivity index (χ0v) is 12.1. The minimum Gasteiger partial charge on any atom is -0.493 e. The topological polar surface area (TPSA) is 43.0 Å². The predicted octanol–water partition coefficient (Wildman–Crippen LogP) is 1.78. The maximum atomic E-state index is 5.53. The SMILES string of the molecule is CC[C@H](c1cc(OC)c2c(c1)OCO2)N1CCNCC1. The van der Waals surface area contributed by atoms with Gasteiger partial charge in [-0.2, -0.15) is 0 Å². The second-order valence-corrected chi connectivity index (χ2v) is 5.17. The van der Waals surface area contributed by atoms with E-state index in [0.717, 1.165) is 49.8 Å². The van der Waals surface area contributed by atoms with Crippen LogP contribution < -0.4 is 19.5 Å². The molecular weight excluding hydrogens is 256 g/mol. The molecule has 3 rings (SSSR count). The van der Waals surface area contributed by atoms with Gasteiger partial charge in [0.15, 0.2) is 11.5 Å². The molecule has 0 bridgehead atoms. The largest absolute Gasteiger partial charge is 0.493 e. The second-order valence-electron chi connectivity index (χ2n) is 5.17. The fraction of sp³-hybridized carbons (Fsp3) is 0.600. The lowest BCUT2D eigenvalue weighted by molar-refractivity contribution is 0.167. The van der Waals surface area contributed by atoms with Crippen LogP contribution >= 0.6 is 0 Å². The standard InChI is InChI=1S/C15H22N2O3/c1-3-12(17-6-4-16-5-7-17)11-8-13(18-2)15-14(9-11)19-10-20-15/h8-9,12,16H,3-7,10H2,1-2H3/t12-/m1/s1. The summed E-state index contributed by atoms with van der Waals surface area (Å²) in [5.41, 5.74) is 1.25. The molecular formula is C15H22N2O3. The first-order valence-corrected chi connectivity index (χ1v) is 7.25. The highest BCUT2D eigenvalue weighted by Gasteiger charge is 2.26. The highest BCUT2D eigenvalue weighted by atomic mass is 16.7. The summed E-state index contributed by atoms with van der Waals surface area (Å²) in [6.07, 6.45) is 1.07. The van der Waals surface area contributed by atoms with Crippen molar-refractivity contribution >= 4 is 0 Å². The molecule has 1 N–H and O–H groups in total. The molecule has 2 aliphatic heterocycles. The number of hydrogen-bond acceptors (Lipinski definition) is 5. The fourth-order valence-corrected chi connectivity index (χ4v) is 3.04. The Kier molecular flexibility index (Phi) is 3.98. The van der Waals surface area contributed by atoms with E-state index in [4.69, 9.17) is 14.2 Å². The van der Waals surface area contributed by atoms with Crippen LogP contribution in [0.15, 0.2) is 12.1 Å². The molecule has 0 aliphatic carbocycles. The van der Waals surface area contributed by atoms with Gasteiger partial charge < -0.3 is 19.5 Å². The quantitative estimate of drug-likeness (QED) is 0.909. The van der Waals surface area contributed by atoms with Crippen molar-refractivity contribution in [3.05, 3.63) is 17.7 Å². The highest BCUT2D eigenvalue weighted by Crippen LogP contribution is 2.44. The Morgan fingerprint density at radius 1 is 1.30 bits per heavy atom. The fourth-order valence-electron chi connectivity index (χ4n) is 3.04. The second kappa shape index (κ2) is 5.89. The Bertz CT molecular complexity index is 472. The van der Waals surface area contributed by atoms with E-state index in [9.17, 15) is 0 Å². The minimum absolute atomic E-state index is 0.277. The van der Waals surface area contributed by atoms with Crippen LogP contribution in [0.25, 0.3) is 0 Å². The minimum atomic E-state index is 0.277. The van der Waals surface area contributed by atoms with Crippen LogP contribution in [0, 0.1) is 0 Å². The molecule has 0 aromatic heterocycles. The van der Waals surface area contributed by atoms with Crippen LogP contribution in [0.3, 0.4) is 0 Å². The Hall–Kier alpha value is -1.46. The molecule has 0 spiro atoms. The first-order valence-electron chi connectivity index (χ1n) is 7.25. The van der Waals surface area contributed by atoms with Crippen LogP contribution in [-0.4, -0.2) is 45.0 Å². The van der Waals surface area contributed by atoms with Crippen molar-refractivity contribution in [1.82, 2.24) is 10.2 Å². The molecule has 2 aliphatic rings. The van der Waals surface area contributed by atoms with E-state index in [1.165, 1.54) is 5.56 Å². The van der Waals surface area contributed by atoms with E-state index in [0.29, 0.717) is 6.04 Å². The summed E-state index contributed by atoms with van der Waals surface area (Å²) in [6, 6.07) is 4.59. The van der Waals surface area contributed by atoms with Gasteiger partial charge in [0.05, 0.1) is 7.11 Å². The van der Waals surface area contributed by atoms with Gasteiger partial charge >= 0.3 is 0 Å². The van der Waals surface area contributed by atoms with Gasteiger partial charge in [-0.3, -0.25) is 4.90 Å². The van der Waals surface area contributed by atoms with Gasteiger partial charge in [-0.25, -0.2) is 0 Å². The van der Waals surface area contributed by atoms with Gasteiger partial charge in [0.2, 0.25) is 12.5 Å². The highest BCUT2D eigenvalue weighted by molar-refractivity contribution is 5.55. The number of piperazine rings is 1. The van der Waals surface area contributed by atoms with E-state index in [1.54, 1.807) is 7.11 Å². The van der Waals surface area contributed by atoms with E-state index < -0.39 is 0 Å². The van der Waals surface area contributed by atoms with E-state index in [2.05, 4.69) is 29.3 Å². The van der Waals surface area contributed by atoms with Crippen molar-refractivity contribution in [3.8, 4) is 17.2 Å². The molecule has 1 fully saturated rings. The van der Waals surface area contributed by atoms with E-state index >= 15 is 0 Å². The molecule has 20 heavy (non-hydrogen) atoms. The third kappa shape index (κ3) is 2.43. The summed E-state index contributed by atoms with van der Waals surface area (Å²) in [5, 5.41) is 3.40. The summed E-state index contributed by atoms with van der Waals surface area (Å²) in [7, 11) is 1.67. The van der Waals surface area contributed by atoms with Crippen molar-refractivity contribution in [3.63, 3.8) is 0 Å². The number of benzene rings is 1. The molecule has 0 amide bonds. The van der Waals surface area contributed by atoms with Crippen molar-refractivity contribution in [2.75, 3.05) is 40.1 Å². The van der Waals surface area contributed by atoms with Crippen LogP contribution in [0.5, 0.6) is 17.2 Å². The summed E-state index contributed by atoms with van der Waals surface area (Å²) in [5.74, 6) is 2.29. The summed E-state index contributed by atoms with van der Waals surface area (Å²) < 4.78 is 16.4. The van der Waals surface area contributed by atoms with Crippen LogP contribution in [0.1, 0.15) is 24.9 Å². The molecule has 5 nitrogen and oxygen atoms in total. The number of ether oxygens (including phenoxy) is 3. The summed E-state index contributed by atoms with van der Waals surface area (Å²) >= 11 is 0. The molecule has 0 radical (unpaired) electrons. The maximum Gasteiger partial charge on any atom is 0.231 e. The molecule has 0 unspecified atom stereocenters. The number of rotatable bonds is 4. The first-order chi connectivity index (χ1) is 9.83. The molecule has 110 valence electrons. The lowest BCUT2D eigenvalue weighted by Crippen LogP contribution is -2.45. The normalized spacial score (nSPS) is 19.9. The zero-order valence-electron chi connectivity index (χ0n) is 12.1. The van der Waals surface area contributed by atoms with Gasteiger partial charge in [-0.15, -0.1) is 0 Å². The molecule has 1 saturated heterocycles. The molecule has 1 aromatic carbocycles. The number of nitrogens with zero attached hydrogens (tertiary/aromatic N) is 1. The zero-order chi connectivity index (χ0) is 13.9. The number of fused-ring (bicyclic) bond motifs is 1. The van der Waals surface area contributed by atoms with Crippen LogP contribution in [-0.2, 0) is 0 Å². The Morgan fingerprint density at radius 2 is 2.10 bits per heavy atom. The van der Waals surface area contributed by atoms with E-state index in [1.807, 2.05) is 0 Å². The lowest BCUT2D eigenvalue weighted by Gasteiger charge is -2.34. The van der Waals surface area contributed by atoms with Crippen molar-refractivity contribution in [2.45, 2.75) is 19.4 Å². The van der Waals surface area contributed by atoms with Gasteiger partial charge in [0.1, 0.15) is 0 Å². The molecule has 2 heterocycles. The lowest BCUT2D eigenvalue weighted by atomic mass is 10.0. The monoisotopic (exact) mass is 278 g/mol. The number of nitrogens with one attached hydrogen (secondary N) is 1. The Morgan fingerprint density at radius 3 is 2.80 bits per heavy atom. The van der Waals surface area contributed by atoms with Crippen molar-refractivity contribution < 1.29 is 14.2 Å². The first kappa shape index (κ1) is 13.5.